The Bertz CT molecular complexity index is 544. The van der Waals surface area contributed by atoms with Crippen LogP contribution in [0.3, 0.4) is 0 Å². The maximum absolute atomic E-state index is 9.86. The van der Waals surface area contributed by atoms with Gasteiger partial charge in [0.1, 0.15) is 24.4 Å². The van der Waals surface area contributed by atoms with Crippen molar-refractivity contribution in [1.82, 2.24) is 15.7 Å². The van der Waals surface area contributed by atoms with Gasteiger partial charge in [0, 0.05) is 12.4 Å². The normalized spacial score (nSPS) is 31.0. The summed E-state index contributed by atoms with van der Waals surface area (Å²) in [7, 11) is 0. The number of hydrogen-bond donors (Lipinski definition) is 6. The Labute approximate surface area is 137 Å². The van der Waals surface area contributed by atoms with Crippen molar-refractivity contribution in [2.75, 3.05) is 6.61 Å². The number of hydrazone groups is 1. The minimum Gasteiger partial charge on any atom is -0.394 e. The van der Waals surface area contributed by atoms with Gasteiger partial charge in [0.15, 0.2) is 11.3 Å². The number of pyridine rings is 1. The first-order chi connectivity index (χ1) is 11.0. The molecule has 2 rings (SSSR count). The summed E-state index contributed by atoms with van der Waals surface area (Å²) < 4.78 is 5.26. The maximum atomic E-state index is 9.86. The third-order valence-electron chi connectivity index (χ3n) is 3.25. The minimum absolute atomic E-state index is 0.0413. The monoisotopic (exact) mass is 342 g/mol. The highest BCUT2D eigenvalue weighted by Gasteiger charge is 2.43. The fourth-order valence-corrected chi connectivity index (χ4v) is 2.17. The molecule has 5 atom stereocenters. The van der Waals surface area contributed by atoms with Crippen molar-refractivity contribution in [3.63, 3.8) is 0 Å². The van der Waals surface area contributed by atoms with E-state index in [2.05, 4.69) is 20.8 Å². The molecule has 1 fully saturated rings. The topological polar surface area (TPSA) is 139 Å². The quantitative estimate of drug-likeness (QED) is 0.202. The van der Waals surface area contributed by atoms with E-state index in [1.165, 1.54) is 6.21 Å². The van der Waals surface area contributed by atoms with Crippen LogP contribution in [0, 0.1) is 0 Å². The number of nitrogens with zero attached hydrogens (tertiary/aromatic N) is 2. The number of aliphatic hydroxyl groups excluding tert-OH is 4. The predicted octanol–water partition coefficient (Wildman–Crippen LogP) is -2.32. The second-order valence-corrected chi connectivity index (χ2v) is 5.28. The number of nitrogens with one attached hydrogen (secondary N) is 2. The van der Waals surface area contributed by atoms with Gasteiger partial charge in [-0.2, -0.15) is 5.10 Å². The molecule has 0 unspecified atom stereocenters. The van der Waals surface area contributed by atoms with Crippen LogP contribution in [-0.2, 0) is 4.74 Å². The van der Waals surface area contributed by atoms with Crippen LogP contribution in [0.4, 0.5) is 0 Å². The van der Waals surface area contributed by atoms with Gasteiger partial charge in [0.25, 0.3) is 0 Å². The van der Waals surface area contributed by atoms with Gasteiger partial charge in [-0.1, -0.05) is 0 Å². The number of aliphatic hydroxyl groups is 4. The first kappa shape index (κ1) is 17.7. The fourth-order valence-electron chi connectivity index (χ4n) is 2.00. The molecular weight excluding hydrogens is 324 g/mol. The molecule has 1 saturated heterocycles. The van der Waals surface area contributed by atoms with Crippen LogP contribution >= 0.6 is 12.2 Å². The predicted molar refractivity (Wildman–Crippen MR) is 84.5 cm³/mol. The van der Waals surface area contributed by atoms with E-state index in [0.717, 1.165) is 5.56 Å². The lowest BCUT2D eigenvalue weighted by molar-refractivity contribution is -0.232. The molecule has 6 N–H and O–H groups in total. The van der Waals surface area contributed by atoms with Gasteiger partial charge >= 0.3 is 0 Å². The van der Waals surface area contributed by atoms with E-state index >= 15 is 0 Å². The van der Waals surface area contributed by atoms with Gasteiger partial charge in [-0.05, 0) is 29.9 Å². The summed E-state index contributed by atoms with van der Waals surface area (Å²) >= 11 is 5.00. The Hall–Kier alpha value is -1.69. The maximum Gasteiger partial charge on any atom is 0.189 e. The molecule has 0 radical (unpaired) electrons. The van der Waals surface area contributed by atoms with Crippen LogP contribution in [-0.4, -0.2) is 74.0 Å². The highest BCUT2D eigenvalue weighted by Crippen LogP contribution is 2.19. The largest absolute Gasteiger partial charge is 0.394 e. The summed E-state index contributed by atoms with van der Waals surface area (Å²) in [5.74, 6) is 0. The Balaban J connectivity index is 1.88. The Morgan fingerprint density at radius 2 is 1.96 bits per heavy atom. The zero-order chi connectivity index (χ0) is 16.8. The molecule has 0 aliphatic carbocycles. The molecule has 23 heavy (non-hydrogen) atoms. The standard InChI is InChI=1S/C13H18N4O5S/c18-6-8-9(19)10(20)11(21)12(22-8)16-13(23)17-15-5-7-1-3-14-4-2-7/h1-5,8-12,18-21H,6H2,(H2,16,17,23)/b15-5+/t8-,9-,10+,11-,12-/m1/s1. The molecule has 1 aromatic rings. The molecule has 2 heterocycles. The summed E-state index contributed by atoms with van der Waals surface area (Å²) in [5.41, 5.74) is 3.34. The zero-order valence-corrected chi connectivity index (χ0v) is 12.8. The molecule has 0 amide bonds. The van der Waals surface area contributed by atoms with Crippen molar-refractivity contribution in [1.29, 1.82) is 0 Å². The second kappa shape index (κ2) is 8.24. The van der Waals surface area contributed by atoms with Gasteiger partial charge in [-0.25, -0.2) is 0 Å². The highest BCUT2D eigenvalue weighted by atomic mass is 32.1. The van der Waals surface area contributed by atoms with Gasteiger partial charge in [0.05, 0.1) is 12.8 Å². The number of hydrogen-bond acceptors (Lipinski definition) is 8. The van der Waals surface area contributed by atoms with Crippen LogP contribution in [0.5, 0.6) is 0 Å². The summed E-state index contributed by atoms with van der Waals surface area (Å²) in [6.45, 7) is -0.510. The summed E-state index contributed by atoms with van der Waals surface area (Å²) in [6, 6.07) is 3.50. The van der Waals surface area contributed by atoms with Crippen LogP contribution in [0.15, 0.2) is 29.6 Å². The highest BCUT2D eigenvalue weighted by molar-refractivity contribution is 7.80. The first-order valence-corrected chi connectivity index (χ1v) is 7.24. The number of aromatic nitrogens is 1. The molecule has 9 nitrogen and oxygen atoms in total. The molecule has 10 heteroatoms. The molecule has 1 aliphatic heterocycles. The number of ether oxygens (including phenoxy) is 1. The second-order valence-electron chi connectivity index (χ2n) is 4.87. The molecule has 1 aromatic heterocycles. The average Bonchev–Trinajstić information content (AvgIpc) is 2.56. The molecule has 0 spiro atoms. The Kier molecular flexibility index (Phi) is 6.33. The number of rotatable bonds is 4. The van der Waals surface area contributed by atoms with E-state index in [1.807, 2.05) is 0 Å². The summed E-state index contributed by atoms with van der Waals surface area (Å²) in [6.07, 6.45) is -1.66. The molecule has 126 valence electrons. The van der Waals surface area contributed by atoms with Crippen molar-refractivity contribution in [3.8, 4) is 0 Å². The molecule has 0 aromatic carbocycles. The fraction of sp³-hybridized carbons (Fsp3) is 0.462. The van der Waals surface area contributed by atoms with Crippen LogP contribution in [0.1, 0.15) is 5.56 Å². The van der Waals surface area contributed by atoms with Crippen LogP contribution < -0.4 is 10.7 Å². The smallest absolute Gasteiger partial charge is 0.189 e. The van der Waals surface area contributed by atoms with Crippen molar-refractivity contribution in [3.05, 3.63) is 30.1 Å². The zero-order valence-electron chi connectivity index (χ0n) is 12.0. The van der Waals surface area contributed by atoms with E-state index in [4.69, 9.17) is 22.1 Å². The average molecular weight is 342 g/mol. The Morgan fingerprint density at radius 1 is 1.26 bits per heavy atom. The van der Waals surface area contributed by atoms with E-state index in [1.54, 1.807) is 24.5 Å². The third-order valence-corrected chi connectivity index (χ3v) is 3.46. The number of thiocarbonyl (C=S) groups is 1. The summed E-state index contributed by atoms with van der Waals surface area (Å²) in [5, 5.41) is 44.9. The first-order valence-electron chi connectivity index (χ1n) is 6.83. The Morgan fingerprint density at radius 3 is 2.61 bits per heavy atom. The van der Waals surface area contributed by atoms with Crippen molar-refractivity contribution in [2.24, 2.45) is 5.10 Å². The van der Waals surface area contributed by atoms with Gasteiger partial charge in [0.2, 0.25) is 0 Å². The van der Waals surface area contributed by atoms with Crippen molar-refractivity contribution >= 4 is 23.5 Å². The minimum atomic E-state index is -1.47. The lowest BCUT2D eigenvalue weighted by Crippen LogP contribution is -2.63. The van der Waals surface area contributed by atoms with Gasteiger partial charge in [-0.3, -0.25) is 10.4 Å². The van der Waals surface area contributed by atoms with Crippen molar-refractivity contribution in [2.45, 2.75) is 30.6 Å². The van der Waals surface area contributed by atoms with Crippen LogP contribution in [0.25, 0.3) is 0 Å². The van der Waals surface area contributed by atoms with E-state index in [0.29, 0.717) is 0 Å². The third kappa shape index (κ3) is 4.64. The van der Waals surface area contributed by atoms with Gasteiger partial charge < -0.3 is 30.5 Å². The van der Waals surface area contributed by atoms with E-state index in [-0.39, 0.29) is 5.11 Å². The lowest BCUT2D eigenvalue weighted by atomic mass is 9.98. The van der Waals surface area contributed by atoms with Gasteiger partial charge in [-0.15, -0.1) is 0 Å². The molecule has 0 saturated carbocycles. The van der Waals surface area contributed by atoms with E-state index < -0.39 is 37.3 Å². The SMILES string of the molecule is OC[C@H]1O[C@@H](NC(=S)N/N=C/c2ccncc2)[C@H](O)[C@@H](O)[C@@H]1O. The molecular formula is C13H18N4O5S. The van der Waals surface area contributed by atoms with E-state index in [9.17, 15) is 15.3 Å². The summed E-state index contributed by atoms with van der Waals surface area (Å²) in [4.78, 5) is 3.87. The lowest BCUT2D eigenvalue weighted by Gasteiger charge is -2.40. The molecule has 0 bridgehead atoms. The van der Waals surface area contributed by atoms with Crippen LogP contribution in [0.2, 0.25) is 0 Å². The van der Waals surface area contributed by atoms with Crippen molar-refractivity contribution < 1.29 is 25.2 Å². The molecule has 1 aliphatic rings.